The van der Waals surface area contributed by atoms with Gasteiger partial charge in [0, 0.05) is 0 Å². The van der Waals surface area contributed by atoms with Gasteiger partial charge in [-0.1, -0.05) is 6.58 Å². The number of rotatable bonds is 2. The van der Waals surface area contributed by atoms with Gasteiger partial charge in [-0.05, 0) is 33.6 Å². The van der Waals surface area contributed by atoms with Gasteiger partial charge in [0.25, 0.3) is 0 Å². The lowest BCUT2D eigenvalue weighted by Gasteiger charge is -2.22. The van der Waals surface area contributed by atoms with Crippen LogP contribution in [0.4, 0.5) is 4.79 Å². The average molecular weight is 199 g/mol. The van der Waals surface area contributed by atoms with E-state index in [2.05, 4.69) is 11.9 Å². The molecule has 0 heterocycles. The van der Waals surface area contributed by atoms with Crippen molar-refractivity contribution in [3.05, 3.63) is 12.3 Å². The molecule has 0 atom stereocenters. The van der Waals surface area contributed by atoms with Crippen LogP contribution in [0.25, 0.3) is 0 Å². The van der Waals surface area contributed by atoms with E-state index in [-0.39, 0.29) is 5.76 Å². The molecule has 0 aliphatic heterocycles. The Bertz CT molecular complexity index is 261. The largest absolute Gasteiger partial charge is 0.510 e. The molecule has 1 saturated carbocycles. The molecule has 1 fully saturated rings. The monoisotopic (exact) mass is 199 g/mol. The average Bonchev–Trinajstić information content (AvgIpc) is 2.63. The molecule has 80 valence electrons. The maximum Gasteiger partial charge on any atom is 0.408 e. The molecule has 0 radical (unpaired) electrons. The van der Waals surface area contributed by atoms with Crippen LogP contribution in [0.15, 0.2) is 12.3 Å². The van der Waals surface area contributed by atoms with Crippen molar-refractivity contribution in [3.8, 4) is 0 Å². The van der Waals surface area contributed by atoms with Crippen LogP contribution in [0.2, 0.25) is 0 Å². The number of ether oxygens (including phenoxy) is 1. The summed E-state index contributed by atoms with van der Waals surface area (Å²) < 4.78 is 5.06. The van der Waals surface area contributed by atoms with Gasteiger partial charge >= 0.3 is 6.09 Å². The Balaban J connectivity index is 2.46. The first-order valence-electron chi connectivity index (χ1n) is 4.65. The van der Waals surface area contributed by atoms with Crippen molar-refractivity contribution >= 4 is 6.09 Å². The van der Waals surface area contributed by atoms with E-state index in [0.717, 1.165) is 12.8 Å². The highest BCUT2D eigenvalue weighted by Crippen LogP contribution is 2.40. The van der Waals surface area contributed by atoms with Gasteiger partial charge in [-0.15, -0.1) is 0 Å². The third-order valence-corrected chi connectivity index (χ3v) is 2.04. The molecular formula is C10H17NO3. The quantitative estimate of drug-likeness (QED) is 0.670. The first kappa shape index (κ1) is 10.9. The number of hydrogen-bond acceptors (Lipinski definition) is 3. The standard InChI is InChI=1S/C10H17NO3/c1-7(12)10(5-6-10)11-8(13)14-9(2,3)4/h12H,1,5-6H2,2-4H3,(H,11,13). The van der Waals surface area contributed by atoms with Gasteiger partial charge in [0.05, 0.1) is 5.54 Å². The molecule has 0 bridgehead atoms. The molecule has 1 aliphatic carbocycles. The molecule has 4 heteroatoms. The first-order valence-corrected chi connectivity index (χ1v) is 4.65. The third-order valence-electron chi connectivity index (χ3n) is 2.04. The van der Waals surface area contributed by atoms with Crippen molar-refractivity contribution in [1.82, 2.24) is 5.32 Å². The maximum absolute atomic E-state index is 11.3. The zero-order valence-electron chi connectivity index (χ0n) is 8.89. The van der Waals surface area contributed by atoms with Crippen molar-refractivity contribution in [3.63, 3.8) is 0 Å². The summed E-state index contributed by atoms with van der Waals surface area (Å²) in [5.74, 6) is 0.00311. The number of aliphatic hydroxyl groups is 1. The normalized spacial score (nSPS) is 18.5. The number of hydrogen-bond donors (Lipinski definition) is 2. The molecule has 0 spiro atoms. The summed E-state index contributed by atoms with van der Waals surface area (Å²) in [6.45, 7) is 8.80. The van der Waals surface area contributed by atoms with Crippen molar-refractivity contribution in [2.75, 3.05) is 0 Å². The lowest BCUT2D eigenvalue weighted by atomic mass is 10.2. The fourth-order valence-corrected chi connectivity index (χ4v) is 1.11. The van der Waals surface area contributed by atoms with Gasteiger partial charge in [0.1, 0.15) is 11.4 Å². The number of nitrogens with one attached hydrogen (secondary N) is 1. The molecule has 4 nitrogen and oxygen atoms in total. The number of aliphatic hydroxyl groups excluding tert-OH is 1. The second-order valence-corrected chi connectivity index (χ2v) is 4.66. The van der Waals surface area contributed by atoms with Gasteiger partial charge in [-0.25, -0.2) is 4.79 Å². The molecule has 2 N–H and O–H groups in total. The summed E-state index contributed by atoms with van der Waals surface area (Å²) in [4.78, 5) is 11.3. The summed E-state index contributed by atoms with van der Waals surface area (Å²) in [5.41, 5.74) is -1.14. The molecule has 1 aliphatic rings. The van der Waals surface area contributed by atoms with Gasteiger partial charge in [0.2, 0.25) is 0 Å². The highest BCUT2D eigenvalue weighted by atomic mass is 16.6. The maximum atomic E-state index is 11.3. The first-order chi connectivity index (χ1) is 6.25. The predicted molar refractivity (Wildman–Crippen MR) is 53.1 cm³/mol. The van der Waals surface area contributed by atoms with Crippen LogP contribution in [0, 0.1) is 0 Å². The van der Waals surface area contributed by atoms with Crippen LogP contribution in [0.5, 0.6) is 0 Å². The van der Waals surface area contributed by atoms with Crippen LogP contribution >= 0.6 is 0 Å². The predicted octanol–water partition coefficient (Wildman–Crippen LogP) is 2.12. The SMILES string of the molecule is C=C(O)C1(NC(=O)OC(C)(C)C)CC1. The van der Waals surface area contributed by atoms with Gasteiger partial charge < -0.3 is 15.2 Å². The van der Waals surface area contributed by atoms with E-state index < -0.39 is 17.2 Å². The number of carbonyl (C=O) groups is 1. The zero-order chi connectivity index (χ0) is 11.0. The van der Waals surface area contributed by atoms with E-state index >= 15 is 0 Å². The number of alkyl carbamates (subject to hydrolysis) is 1. The van der Waals surface area contributed by atoms with Crippen molar-refractivity contribution in [2.24, 2.45) is 0 Å². The fourth-order valence-electron chi connectivity index (χ4n) is 1.11. The fraction of sp³-hybridized carbons (Fsp3) is 0.700. The lowest BCUT2D eigenvalue weighted by Crippen LogP contribution is -2.41. The molecule has 14 heavy (non-hydrogen) atoms. The summed E-state index contributed by atoms with van der Waals surface area (Å²) in [6, 6.07) is 0. The second-order valence-electron chi connectivity index (χ2n) is 4.66. The minimum absolute atomic E-state index is 0.00311. The van der Waals surface area contributed by atoms with Crippen LogP contribution in [-0.2, 0) is 4.74 Å². The minimum Gasteiger partial charge on any atom is -0.510 e. The second kappa shape index (κ2) is 3.19. The Morgan fingerprint density at radius 1 is 1.50 bits per heavy atom. The van der Waals surface area contributed by atoms with E-state index in [9.17, 15) is 9.90 Å². The lowest BCUT2D eigenvalue weighted by molar-refractivity contribution is 0.0493. The van der Waals surface area contributed by atoms with Gasteiger partial charge in [-0.2, -0.15) is 0 Å². The van der Waals surface area contributed by atoms with Crippen LogP contribution in [0.3, 0.4) is 0 Å². The molecule has 0 saturated heterocycles. The topological polar surface area (TPSA) is 58.6 Å². The third kappa shape index (κ3) is 2.65. The van der Waals surface area contributed by atoms with Crippen molar-refractivity contribution in [1.29, 1.82) is 0 Å². The van der Waals surface area contributed by atoms with Crippen molar-refractivity contribution in [2.45, 2.75) is 44.8 Å². The highest BCUT2D eigenvalue weighted by Gasteiger charge is 2.48. The van der Waals surface area contributed by atoms with E-state index in [1.807, 2.05) is 0 Å². The summed E-state index contributed by atoms with van der Waals surface area (Å²) in [7, 11) is 0. The molecule has 0 aromatic rings. The van der Waals surface area contributed by atoms with E-state index in [0.29, 0.717) is 0 Å². The summed E-state index contributed by atoms with van der Waals surface area (Å²) >= 11 is 0. The summed E-state index contributed by atoms with van der Waals surface area (Å²) in [5, 5.41) is 11.8. The molecule has 0 aromatic heterocycles. The summed E-state index contributed by atoms with van der Waals surface area (Å²) in [6.07, 6.45) is 0.938. The van der Waals surface area contributed by atoms with Crippen LogP contribution in [0.1, 0.15) is 33.6 Å². The van der Waals surface area contributed by atoms with Crippen LogP contribution < -0.4 is 5.32 Å². The molecule has 1 rings (SSSR count). The molecular weight excluding hydrogens is 182 g/mol. The molecule has 0 aromatic carbocycles. The Hall–Kier alpha value is -1.19. The minimum atomic E-state index is -0.623. The Morgan fingerprint density at radius 2 is 2.00 bits per heavy atom. The van der Waals surface area contributed by atoms with Gasteiger partial charge in [0.15, 0.2) is 0 Å². The zero-order valence-corrected chi connectivity index (χ0v) is 8.89. The van der Waals surface area contributed by atoms with E-state index in [1.54, 1.807) is 20.8 Å². The van der Waals surface area contributed by atoms with Crippen LogP contribution in [-0.4, -0.2) is 22.3 Å². The highest BCUT2D eigenvalue weighted by molar-refractivity contribution is 5.70. The van der Waals surface area contributed by atoms with Gasteiger partial charge in [-0.3, -0.25) is 0 Å². The Morgan fingerprint density at radius 3 is 2.29 bits per heavy atom. The number of carbonyl (C=O) groups excluding carboxylic acids is 1. The number of amides is 1. The van der Waals surface area contributed by atoms with Crippen molar-refractivity contribution < 1.29 is 14.6 Å². The molecule has 1 amide bonds. The van der Waals surface area contributed by atoms with E-state index in [1.165, 1.54) is 0 Å². The Kier molecular flexibility index (Phi) is 2.48. The van der Waals surface area contributed by atoms with E-state index in [4.69, 9.17) is 4.74 Å². The smallest absolute Gasteiger partial charge is 0.408 e. The Labute approximate surface area is 83.9 Å². The molecule has 0 unspecified atom stereocenters.